The monoisotopic (exact) mass is 375 g/mol. The molecule has 144 valence electrons. The standard InChI is InChI=1S/C23H25N3O2/c1-16(2)22(23(28)25-15-19-11-5-6-13-24-19)26-21(27)14-18-10-7-9-17-8-3-4-12-20(17)18/h3-13,16,22H,14-15H2,1-2H3,(H,25,28)(H,26,27)/t22-/m1/s1. The zero-order valence-electron chi connectivity index (χ0n) is 16.2. The molecule has 1 heterocycles. The second-order valence-electron chi connectivity index (χ2n) is 7.14. The van der Waals surface area contributed by atoms with E-state index in [1.807, 2.05) is 74.5 Å². The lowest BCUT2D eigenvalue weighted by atomic mass is 10.0. The van der Waals surface area contributed by atoms with Crippen molar-refractivity contribution in [1.82, 2.24) is 15.6 Å². The van der Waals surface area contributed by atoms with Gasteiger partial charge >= 0.3 is 0 Å². The lowest BCUT2D eigenvalue weighted by Crippen LogP contribution is -2.50. The van der Waals surface area contributed by atoms with Gasteiger partial charge < -0.3 is 10.6 Å². The van der Waals surface area contributed by atoms with Gasteiger partial charge in [0, 0.05) is 6.20 Å². The first-order chi connectivity index (χ1) is 13.5. The molecule has 0 unspecified atom stereocenters. The second kappa shape index (κ2) is 9.13. The molecule has 28 heavy (non-hydrogen) atoms. The van der Waals surface area contributed by atoms with Crippen LogP contribution in [0, 0.1) is 5.92 Å². The minimum absolute atomic E-state index is 0.0276. The van der Waals surface area contributed by atoms with Gasteiger partial charge in [-0.25, -0.2) is 0 Å². The highest BCUT2D eigenvalue weighted by Crippen LogP contribution is 2.19. The number of nitrogens with zero attached hydrogens (tertiary/aromatic N) is 1. The molecule has 0 aliphatic carbocycles. The third kappa shape index (κ3) is 4.94. The molecule has 2 aromatic carbocycles. The summed E-state index contributed by atoms with van der Waals surface area (Å²) in [5.74, 6) is -0.393. The summed E-state index contributed by atoms with van der Waals surface area (Å²) in [5.41, 5.74) is 1.73. The molecule has 2 N–H and O–H groups in total. The Kier molecular flexibility index (Phi) is 6.37. The largest absolute Gasteiger partial charge is 0.349 e. The maximum absolute atomic E-state index is 12.6. The molecule has 0 saturated heterocycles. The number of hydrogen-bond acceptors (Lipinski definition) is 3. The lowest BCUT2D eigenvalue weighted by Gasteiger charge is -2.22. The molecule has 0 radical (unpaired) electrons. The quantitative estimate of drug-likeness (QED) is 0.666. The molecule has 0 aliphatic rings. The summed E-state index contributed by atoms with van der Waals surface area (Å²) < 4.78 is 0. The minimum atomic E-state index is -0.591. The van der Waals surface area contributed by atoms with Gasteiger partial charge in [-0.15, -0.1) is 0 Å². The van der Waals surface area contributed by atoms with E-state index in [0.717, 1.165) is 22.0 Å². The number of pyridine rings is 1. The normalized spacial score (nSPS) is 12.0. The zero-order chi connectivity index (χ0) is 19.9. The van der Waals surface area contributed by atoms with Crippen LogP contribution in [0.4, 0.5) is 0 Å². The van der Waals surface area contributed by atoms with E-state index in [9.17, 15) is 9.59 Å². The fraction of sp³-hybridized carbons (Fsp3) is 0.261. The van der Waals surface area contributed by atoms with E-state index in [0.29, 0.717) is 6.54 Å². The Morgan fingerprint density at radius 1 is 0.964 bits per heavy atom. The minimum Gasteiger partial charge on any atom is -0.349 e. The van der Waals surface area contributed by atoms with Crippen molar-refractivity contribution in [3.05, 3.63) is 78.1 Å². The Balaban J connectivity index is 1.64. The molecule has 0 bridgehead atoms. The van der Waals surface area contributed by atoms with Crippen molar-refractivity contribution in [2.45, 2.75) is 32.9 Å². The molecule has 0 saturated carbocycles. The van der Waals surface area contributed by atoms with Crippen molar-refractivity contribution in [2.75, 3.05) is 0 Å². The van der Waals surface area contributed by atoms with E-state index in [4.69, 9.17) is 0 Å². The van der Waals surface area contributed by atoms with Crippen molar-refractivity contribution >= 4 is 22.6 Å². The molecule has 1 aromatic heterocycles. The summed E-state index contributed by atoms with van der Waals surface area (Å²) in [6.07, 6.45) is 1.92. The van der Waals surface area contributed by atoms with Crippen LogP contribution < -0.4 is 10.6 Å². The Morgan fingerprint density at radius 3 is 2.46 bits per heavy atom. The van der Waals surface area contributed by atoms with Gasteiger partial charge in [-0.05, 0) is 34.4 Å². The number of fused-ring (bicyclic) bond motifs is 1. The number of carbonyl (C=O) groups is 2. The van der Waals surface area contributed by atoms with Gasteiger partial charge in [-0.1, -0.05) is 62.4 Å². The van der Waals surface area contributed by atoms with Gasteiger partial charge in [0.05, 0.1) is 18.7 Å². The van der Waals surface area contributed by atoms with Crippen LogP contribution in [0.3, 0.4) is 0 Å². The summed E-state index contributed by atoms with van der Waals surface area (Å²) in [6.45, 7) is 4.18. The van der Waals surface area contributed by atoms with Crippen LogP contribution >= 0.6 is 0 Å². The number of hydrogen-bond donors (Lipinski definition) is 2. The highest BCUT2D eigenvalue weighted by molar-refractivity contribution is 5.92. The van der Waals surface area contributed by atoms with Gasteiger partial charge in [-0.2, -0.15) is 0 Å². The zero-order valence-corrected chi connectivity index (χ0v) is 16.2. The predicted molar refractivity (Wildman–Crippen MR) is 111 cm³/mol. The summed E-state index contributed by atoms with van der Waals surface area (Å²) in [5, 5.41) is 7.91. The summed E-state index contributed by atoms with van der Waals surface area (Å²) in [6, 6.07) is 18.9. The van der Waals surface area contributed by atoms with Crippen molar-refractivity contribution in [3.8, 4) is 0 Å². The van der Waals surface area contributed by atoms with E-state index in [2.05, 4.69) is 15.6 Å². The molecule has 2 amide bonds. The molecule has 1 atom stereocenters. The molecule has 5 heteroatoms. The van der Waals surface area contributed by atoms with Crippen LogP contribution in [-0.4, -0.2) is 22.8 Å². The molecular weight excluding hydrogens is 350 g/mol. The van der Waals surface area contributed by atoms with Gasteiger partial charge in [0.25, 0.3) is 0 Å². The summed E-state index contributed by atoms with van der Waals surface area (Å²) >= 11 is 0. The molecular formula is C23H25N3O2. The maximum Gasteiger partial charge on any atom is 0.243 e. The van der Waals surface area contributed by atoms with Crippen LogP contribution in [0.2, 0.25) is 0 Å². The van der Waals surface area contributed by atoms with Gasteiger partial charge in [0.15, 0.2) is 0 Å². The smallest absolute Gasteiger partial charge is 0.243 e. The number of nitrogens with one attached hydrogen (secondary N) is 2. The SMILES string of the molecule is CC(C)[C@@H](NC(=O)Cc1cccc2ccccc12)C(=O)NCc1ccccn1. The Bertz CT molecular complexity index is 949. The molecule has 0 fully saturated rings. The molecule has 0 spiro atoms. The predicted octanol–water partition coefficient (Wildman–Crippen LogP) is 3.23. The highest BCUT2D eigenvalue weighted by atomic mass is 16.2. The Morgan fingerprint density at radius 2 is 1.71 bits per heavy atom. The van der Waals surface area contributed by atoms with Crippen LogP contribution in [0.25, 0.3) is 10.8 Å². The van der Waals surface area contributed by atoms with E-state index in [1.54, 1.807) is 6.20 Å². The van der Waals surface area contributed by atoms with Crippen LogP contribution in [0.5, 0.6) is 0 Å². The topological polar surface area (TPSA) is 71.1 Å². The van der Waals surface area contributed by atoms with E-state index in [-0.39, 0.29) is 24.2 Å². The molecule has 3 rings (SSSR count). The number of benzene rings is 2. The summed E-state index contributed by atoms with van der Waals surface area (Å²) in [7, 11) is 0. The van der Waals surface area contributed by atoms with Crippen LogP contribution in [0.15, 0.2) is 66.9 Å². The van der Waals surface area contributed by atoms with Gasteiger partial charge in [0.2, 0.25) is 11.8 Å². The van der Waals surface area contributed by atoms with Crippen LogP contribution in [0.1, 0.15) is 25.1 Å². The van der Waals surface area contributed by atoms with Crippen LogP contribution in [-0.2, 0) is 22.6 Å². The number of amides is 2. The molecule has 3 aromatic rings. The fourth-order valence-electron chi connectivity index (χ4n) is 3.17. The first-order valence-corrected chi connectivity index (χ1v) is 9.48. The Hall–Kier alpha value is -3.21. The molecule has 0 aliphatic heterocycles. The van der Waals surface area contributed by atoms with E-state index in [1.165, 1.54) is 0 Å². The third-order valence-corrected chi connectivity index (χ3v) is 4.67. The van der Waals surface area contributed by atoms with Crippen molar-refractivity contribution < 1.29 is 9.59 Å². The van der Waals surface area contributed by atoms with Gasteiger partial charge in [-0.3, -0.25) is 14.6 Å². The fourth-order valence-corrected chi connectivity index (χ4v) is 3.17. The Labute approximate surface area is 165 Å². The lowest BCUT2D eigenvalue weighted by molar-refractivity contribution is -0.129. The van der Waals surface area contributed by atoms with Crippen molar-refractivity contribution in [2.24, 2.45) is 5.92 Å². The number of rotatable bonds is 7. The maximum atomic E-state index is 12.6. The van der Waals surface area contributed by atoms with Crippen molar-refractivity contribution in [1.29, 1.82) is 0 Å². The number of aromatic nitrogens is 1. The second-order valence-corrected chi connectivity index (χ2v) is 7.14. The average molecular weight is 375 g/mol. The van der Waals surface area contributed by atoms with E-state index < -0.39 is 6.04 Å². The first kappa shape index (κ1) is 19.5. The van der Waals surface area contributed by atoms with E-state index >= 15 is 0 Å². The van der Waals surface area contributed by atoms with Gasteiger partial charge in [0.1, 0.15) is 6.04 Å². The third-order valence-electron chi connectivity index (χ3n) is 4.67. The molecule has 5 nitrogen and oxygen atoms in total. The average Bonchev–Trinajstić information content (AvgIpc) is 2.71. The highest BCUT2D eigenvalue weighted by Gasteiger charge is 2.24. The van der Waals surface area contributed by atoms with Crippen molar-refractivity contribution in [3.63, 3.8) is 0 Å². The summed E-state index contributed by atoms with van der Waals surface area (Å²) in [4.78, 5) is 29.4. The number of carbonyl (C=O) groups excluding carboxylic acids is 2. The first-order valence-electron chi connectivity index (χ1n) is 9.48.